The molecule has 0 bridgehead atoms. The van der Waals surface area contributed by atoms with Gasteiger partial charge in [0.05, 0.1) is 13.0 Å². The van der Waals surface area contributed by atoms with Crippen molar-refractivity contribution in [2.75, 3.05) is 6.61 Å². The summed E-state index contributed by atoms with van der Waals surface area (Å²) in [6.07, 6.45) is 1.37. The van der Waals surface area contributed by atoms with Gasteiger partial charge in [0.1, 0.15) is 0 Å². The molecule has 0 atom stereocenters. The maximum atomic E-state index is 10.1. The van der Waals surface area contributed by atoms with Gasteiger partial charge in [0.2, 0.25) is 0 Å². The SMILES string of the molecule is NNC(=O)/C=C\C(=O)O.O=C(O)CCO. The number of carboxylic acids is 2. The van der Waals surface area contributed by atoms with Crippen LogP contribution in [0.25, 0.3) is 0 Å². The van der Waals surface area contributed by atoms with Crippen molar-refractivity contribution in [3.8, 4) is 0 Å². The lowest BCUT2D eigenvalue weighted by atomic mass is 10.5. The molecule has 0 saturated carbocycles. The Balaban J connectivity index is 0. The molecule has 0 radical (unpaired) electrons. The number of hydrogen-bond acceptors (Lipinski definition) is 5. The number of carbonyl (C=O) groups excluding carboxylic acids is 1. The summed E-state index contributed by atoms with van der Waals surface area (Å²) in [6.45, 7) is -0.269. The third-order valence-electron chi connectivity index (χ3n) is 0.845. The molecule has 0 rings (SSSR count). The maximum absolute atomic E-state index is 10.1. The molecule has 0 unspecified atom stereocenters. The molecular formula is C7H12N2O6. The van der Waals surface area contributed by atoms with Gasteiger partial charge in [-0.2, -0.15) is 0 Å². The van der Waals surface area contributed by atoms with E-state index in [-0.39, 0.29) is 13.0 Å². The number of rotatable bonds is 4. The van der Waals surface area contributed by atoms with Gasteiger partial charge < -0.3 is 15.3 Å². The zero-order chi connectivity index (χ0) is 12.3. The van der Waals surface area contributed by atoms with E-state index < -0.39 is 17.8 Å². The van der Waals surface area contributed by atoms with Crippen molar-refractivity contribution in [3.63, 3.8) is 0 Å². The van der Waals surface area contributed by atoms with Crippen molar-refractivity contribution in [2.45, 2.75) is 6.42 Å². The Labute approximate surface area is 85.0 Å². The van der Waals surface area contributed by atoms with Gasteiger partial charge in [-0.15, -0.1) is 0 Å². The molecular weight excluding hydrogens is 208 g/mol. The molecule has 0 aliphatic heterocycles. The zero-order valence-electron chi connectivity index (χ0n) is 7.71. The summed E-state index contributed by atoms with van der Waals surface area (Å²) in [5, 5.41) is 23.6. The predicted octanol–water partition coefficient (Wildman–Crippen LogP) is -1.93. The molecule has 8 nitrogen and oxygen atoms in total. The van der Waals surface area contributed by atoms with Gasteiger partial charge in [0.25, 0.3) is 5.91 Å². The van der Waals surface area contributed by atoms with Gasteiger partial charge in [-0.1, -0.05) is 0 Å². The van der Waals surface area contributed by atoms with E-state index >= 15 is 0 Å². The predicted molar refractivity (Wildman–Crippen MR) is 48.4 cm³/mol. The van der Waals surface area contributed by atoms with E-state index in [0.717, 1.165) is 6.08 Å². The molecule has 8 heteroatoms. The van der Waals surface area contributed by atoms with Crippen molar-refractivity contribution in [3.05, 3.63) is 12.2 Å². The van der Waals surface area contributed by atoms with E-state index in [1.54, 1.807) is 5.43 Å². The molecule has 6 N–H and O–H groups in total. The molecule has 0 aromatic carbocycles. The van der Waals surface area contributed by atoms with Crippen LogP contribution in [0.1, 0.15) is 6.42 Å². The lowest BCUT2D eigenvalue weighted by Gasteiger charge is -1.85. The maximum Gasteiger partial charge on any atom is 0.328 e. The number of hydrogen-bond donors (Lipinski definition) is 5. The van der Waals surface area contributed by atoms with Crippen molar-refractivity contribution < 1.29 is 29.7 Å². The van der Waals surface area contributed by atoms with Crippen LogP contribution in [-0.2, 0) is 14.4 Å². The average molecular weight is 220 g/mol. The summed E-state index contributed by atoms with van der Waals surface area (Å²) < 4.78 is 0. The molecule has 0 aliphatic carbocycles. The van der Waals surface area contributed by atoms with Gasteiger partial charge in [-0.05, 0) is 0 Å². The number of amides is 1. The van der Waals surface area contributed by atoms with Crippen LogP contribution < -0.4 is 11.3 Å². The second-order valence-electron chi connectivity index (χ2n) is 2.05. The minimum Gasteiger partial charge on any atom is -0.481 e. The minimum absolute atomic E-state index is 0.153. The van der Waals surface area contributed by atoms with Gasteiger partial charge >= 0.3 is 11.9 Å². The molecule has 0 saturated heterocycles. The lowest BCUT2D eigenvalue weighted by molar-refractivity contribution is -0.137. The molecule has 0 aliphatic rings. The number of aliphatic carboxylic acids is 2. The Hall–Kier alpha value is -1.93. The van der Waals surface area contributed by atoms with E-state index in [4.69, 9.17) is 15.3 Å². The van der Waals surface area contributed by atoms with Crippen LogP contribution in [0.15, 0.2) is 12.2 Å². The van der Waals surface area contributed by atoms with Crippen molar-refractivity contribution in [1.82, 2.24) is 5.43 Å². The Morgan fingerprint density at radius 1 is 1.20 bits per heavy atom. The molecule has 0 spiro atoms. The quantitative estimate of drug-likeness (QED) is 0.160. The summed E-state index contributed by atoms with van der Waals surface area (Å²) in [5.74, 6) is 1.83. The first-order chi connectivity index (χ1) is 6.93. The highest BCUT2D eigenvalue weighted by atomic mass is 16.4. The summed E-state index contributed by atoms with van der Waals surface area (Å²) in [6, 6.07) is 0. The van der Waals surface area contributed by atoms with Crippen LogP contribution in [-0.4, -0.2) is 39.8 Å². The Bertz CT molecular complexity index is 250. The summed E-state index contributed by atoms with van der Waals surface area (Å²) >= 11 is 0. The van der Waals surface area contributed by atoms with Crippen LogP contribution in [0.2, 0.25) is 0 Å². The van der Waals surface area contributed by atoms with E-state index in [0.29, 0.717) is 6.08 Å². The number of aliphatic hydroxyl groups excluding tert-OH is 1. The second kappa shape index (κ2) is 10.2. The number of nitrogens with one attached hydrogen (secondary N) is 1. The topological polar surface area (TPSA) is 150 Å². The molecule has 0 fully saturated rings. The van der Waals surface area contributed by atoms with Crippen LogP contribution in [0.5, 0.6) is 0 Å². The molecule has 0 aromatic heterocycles. The van der Waals surface area contributed by atoms with Crippen molar-refractivity contribution >= 4 is 17.8 Å². The summed E-state index contributed by atoms with van der Waals surface area (Å²) in [4.78, 5) is 29.3. The number of carboxylic acid groups (broad SMARTS) is 2. The highest BCUT2D eigenvalue weighted by Gasteiger charge is 1.90. The molecule has 0 heterocycles. The monoisotopic (exact) mass is 220 g/mol. The first-order valence-electron chi connectivity index (χ1n) is 3.68. The van der Waals surface area contributed by atoms with E-state index in [9.17, 15) is 14.4 Å². The number of hydrazine groups is 1. The van der Waals surface area contributed by atoms with E-state index in [1.165, 1.54) is 0 Å². The third kappa shape index (κ3) is 18.8. The van der Waals surface area contributed by atoms with Crippen molar-refractivity contribution in [1.29, 1.82) is 0 Å². The second-order valence-corrected chi connectivity index (χ2v) is 2.05. The van der Waals surface area contributed by atoms with E-state index in [1.807, 2.05) is 0 Å². The zero-order valence-corrected chi connectivity index (χ0v) is 7.71. The average Bonchev–Trinajstić information content (AvgIpc) is 2.14. The van der Waals surface area contributed by atoms with Crippen molar-refractivity contribution in [2.24, 2.45) is 5.84 Å². The van der Waals surface area contributed by atoms with Crippen LogP contribution in [0, 0.1) is 0 Å². The van der Waals surface area contributed by atoms with Gasteiger partial charge in [0.15, 0.2) is 0 Å². The number of carbonyl (C=O) groups is 3. The third-order valence-corrected chi connectivity index (χ3v) is 0.845. The Morgan fingerprint density at radius 3 is 1.93 bits per heavy atom. The van der Waals surface area contributed by atoms with Crippen LogP contribution in [0.3, 0.4) is 0 Å². The fourth-order valence-corrected chi connectivity index (χ4v) is 0.291. The fraction of sp³-hybridized carbons (Fsp3) is 0.286. The number of nitrogens with two attached hydrogens (primary N) is 1. The molecule has 0 aromatic rings. The molecule has 86 valence electrons. The largest absolute Gasteiger partial charge is 0.481 e. The first-order valence-corrected chi connectivity index (χ1v) is 3.68. The highest BCUT2D eigenvalue weighted by Crippen LogP contribution is 1.70. The van der Waals surface area contributed by atoms with Gasteiger partial charge in [-0.3, -0.25) is 15.0 Å². The van der Waals surface area contributed by atoms with Crippen LogP contribution >= 0.6 is 0 Å². The molecule has 15 heavy (non-hydrogen) atoms. The van der Waals surface area contributed by atoms with Gasteiger partial charge in [-0.25, -0.2) is 10.6 Å². The fourth-order valence-electron chi connectivity index (χ4n) is 0.291. The first kappa shape index (κ1) is 15.5. The number of aliphatic hydroxyl groups is 1. The summed E-state index contributed by atoms with van der Waals surface area (Å²) in [7, 11) is 0. The minimum atomic E-state index is -1.18. The highest BCUT2D eigenvalue weighted by molar-refractivity contribution is 5.93. The summed E-state index contributed by atoms with van der Waals surface area (Å²) in [5.41, 5.74) is 1.73. The lowest BCUT2D eigenvalue weighted by Crippen LogP contribution is -2.28. The van der Waals surface area contributed by atoms with Gasteiger partial charge in [0, 0.05) is 12.2 Å². The van der Waals surface area contributed by atoms with Crippen LogP contribution in [0.4, 0.5) is 0 Å². The normalized spacial score (nSPS) is 8.93. The standard InChI is InChI=1S/C4H6N2O3.C3H6O3/c5-6-3(7)1-2-4(8)9;4-2-1-3(5)6/h1-2H,5H2,(H,6,7)(H,8,9);4H,1-2H2,(H,5,6)/b2-1-;. The van der Waals surface area contributed by atoms with E-state index in [2.05, 4.69) is 5.84 Å². The molecule has 1 amide bonds. The Morgan fingerprint density at radius 2 is 1.73 bits per heavy atom. The smallest absolute Gasteiger partial charge is 0.328 e. The Kier molecular flexibility index (Phi) is 10.5.